The maximum Gasteiger partial charge on any atom is 0.320 e. The lowest BCUT2D eigenvalue weighted by atomic mass is 10.1. The second-order valence-corrected chi connectivity index (χ2v) is 4.13. The van der Waals surface area contributed by atoms with Gasteiger partial charge in [-0.3, -0.25) is 4.79 Å². The maximum atomic E-state index is 10.4. The summed E-state index contributed by atoms with van der Waals surface area (Å²) in [5.74, 6) is -0.789. The largest absolute Gasteiger partial charge is 0.872 e. The normalized spacial score (nSPS) is 11.1. The first kappa shape index (κ1) is 15.5. The first-order chi connectivity index (χ1) is 9.49. The molecule has 0 spiro atoms. The van der Waals surface area contributed by atoms with Gasteiger partial charge in [-0.15, -0.1) is 5.75 Å². The number of para-hydroxylation sites is 1. The van der Waals surface area contributed by atoms with Crippen LogP contribution in [0, 0.1) is 0 Å². The first-order valence-electron chi connectivity index (χ1n) is 5.97. The molecule has 0 amide bonds. The van der Waals surface area contributed by atoms with Crippen LogP contribution in [0.4, 0.5) is 0 Å². The summed E-state index contributed by atoms with van der Waals surface area (Å²) in [5, 5.41) is 27.7. The minimum atomic E-state index is -1.02. The summed E-state index contributed by atoms with van der Waals surface area (Å²) in [6.45, 7) is 0. The number of aliphatic carboxylic acids is 1. The lowest BCUT2D eigenvalue weighted by molar-refractivity contribution is -0.268. The van der Waals surface area contributed by atoms with Gasteiger partial charge in [0.05, 0.1) is 0 Å². The number of rotatable bonds is 3. The van der Waals surface area contributed by atoms with Crippen LogP contribution in [0.5, 0.6) is 11.5 Å². The minimum absolute atomic E-state index is 0.0718. The lowest BCUT2D eigenvalue weighted by Crippen LogP contribution is -2.32. The second kappa shape index (κ2) is 7.81. The quantitative estimate of drug-likeness (QED) is 0.777. The average Bonchev–Trinajstić information content (AvgIpc) is 2.43. The van der Waals surface area contributed by atoms with E-state index in [-0.39, 0.29) is 17.9 Å². The predicted molar refractivity (Wildman–Crippen MR) is 73.3 cm³/mol. The monoisotopic (exact) mass is 274 g/mol. The molecule has 2 aromatic rings. The molecule has 0 radical (unpaired) electrons. The van der Waals surface area contributed by atoms with Gasteiger partial charge in [0, 0.05) is 0 Å². The van der Waals surface area contributed by atoms with E-state index < -0.39 is 12.0 Å². The van der Waals surface area contributed by atoms with Crippen molar-refractivity contribution < 1.29 is 20.1 Å². The number of carboxylic acids is 1. The molecule has 0 aromatic heterocycles. The highest BCUT2D eigenvalue weighted by atomic mass is 16.4. The van der Waals surface area contributed by atoms with Gasteiger partial charge in [-0.25, -0.2) is 0 Å². The first-order valence-corrected chi connectivity index (χ1v) is 5.97. The van der Waals surface area contributed by atoms with E-state index in [1.807, 2.05) is 6.07 Å². The van der Waals surface area contributed by atoms with Crippen molar-refractivity contribution in [1.82, 2.24) is 0 Å². The molecule has 0 bridgehead atoms. The number of phenolic OH excluding ortho intramolecular Hbond substituents is 1. The van der Waals surface area contributed by atoms with Crippen molar-refractivity contribution in [2.75, 3.05) is 0 Å². The van der Waals surface area contributed by atoms with Crippen LogP contribution in [0.3, 0.4) is 0 Å². The topological polar surface area (TPSA) is 107 Å². The van der Waals surface area contributed by atoms with Crippen molar-refractivity contribution in [2.24, 2.45) is 5.73 Å². The highest BCUT2D eigenvalue weighted by Crippen LogP contribution is 2.10. The Labute approximate surface area is 116 Å². The minimum Gasteiger partial charge on any atom is -0.872 e. The van der Waals surface area contributed by atoms with Crippen LogP contribution in [-0.2, 0) is 11.2 Å². The SMILES string of the molecule is NC(Cc1ccc(O)cc1)C(=O)O.[O-]c1ccccc1. The lowest BCUT2D eigenvalue weighted by Gasteiger charge is -2.05. The van der Waals surface area contributed by atoms with Crippen molar-refractivity contribution >= 4 is 5.97 Å². The van der Waals surface area contributed by atoms with Crippen LogP contribution in [0.15, 0.2) is 54.6 Å². The highest BCUT2D eigenvalue weighted by Gasteiger charge is 2.11. The summed E-state index contributed by atoms with van der Waals surface area (Å²) in [5.41, 5.74) is 6.12. The van der Waals surface area contributed by atoms with Gasteiger partial charge < -0.3 is 21.1 Å². The zero-order chi connectivity index (χ0) is 15.0. The molecule has 0 saturated heterocycles. The summed E-state index contributed by atoms with van der Waals surface area (Å²) >= 11 is 0. The molecular weight excluding hydrogens is 258 g/mol. The maximum absolute atomic E-state index is 10.4. The van der Waals surface area contributed by atoms with Gasteiger partial charge in [0.25, 0.3) is 0 Å². The fourth-order valence-electron chi connectivity index (χ4n) is 1.39. The van der Waals surface area contributed by atoms with Gasteiger partial charge >= 0.3 is 5.97 Å². The van der Waals surface area contributed by atoms with E-state index >= 15 is 0 Å². The third-order valence-corrected chi connectivity index (χ3v) is 2.45. The van der Waals surface area contributed by atoms with Crippen molar-refractivity contribution in [3.63, 3.8) is 0 Å². The van der Waals surface area contributed by atoms with Crippen LogP contribution in [-0.4, -0.2) is 22.2 Å². The van der Waals surface area contributed by atoms with Crippen molar-refractivity contribution in [2.45, 2.75) is 12.5 Å². The smallest absolute Gasteiger partial charge is 0.320 e. The fourth-order valence-corrected chi connectivity index (χ4v) is 1.39. The molecule has 1 atom stereocenters. The number of benzene rings is 2. The van der Waals surface area contributed by atoms with Crippen LogP contribution >= 0.6 is 0 Å². The molecule has 0 aliphatic heterocycles. The molecule has 106 valence electrons. The summed E-state index contributed by atoms with van der Waals surface area (Å²) in [6, 6.07) is 13.8. The van der Waals surface area contributed by atoms with Gasteiger partial charge in [0.1, 0.15) is 11.8 Å². The Kier molecular flexibility index (Phi) is 6.06. The Balaban J connectivity index is 0.000000240. The fraction of sp³-hybridized carbons (Fsp3) is 0.133. The molecule has 0 fully saturated rings. The van der Waals surface area contributed by atoms with Gasteiger partial charge in [-0.05, 0) is 24.1 Å². The van der Waals surface area contributed by atoms with Crippen LogP contribution in [0.1, 0.15) is 5.56 Å². The summed E-state index contributed by atoms with van der Waals surface area (Å²) in [4.78, 5) is 10.4. The predicted octanol–water partition coefficient (Wildman–Crippen LogP) is 1.11. The van der Waals surface area contributed by atoms with Gasteiger partial charge in [-0.1, -0.05) is 42.5 Å². The molecule has 5 nitrogen and oxygen atoms in total. The number of nitrogens with two attached hydrogens (primary N) is 1. The van der Waals surface area contributed by atoms with Gasteiger partial charge in [0.2, 0.25) is 0 Å². The van der Waals surface area contributed by atoms with E-state index in [1.165, 1.54) is 24.3 Å². The Bertz CT molecular complexity index is 525. The van der Waals surface area contributed by atoms with E-state index in [1.54, 1.807) is 24.3 Å². The highest BCUT2D eigenvalue weighted by molar-refractivity contribution is 5.73. The number of phenols is 1. The zero-order valence-electron chi connectivity index (χ0n) is 10.8. The summed E-state index contributed by atoms with van der Waals surface area (Å²) < 4.78 is 0. The van der Waals surface area contributed by atoms with E-state index in [0.717, 1.165) is 5.56 Å². The Hall–Kier alpha value is -2.53. The van der Waals surface area contributed by atoms with Crippen molar-refractivity contribution in [3.05, 3.63) is 60.2 Å². The number of carboxylic acid groups (broad SMARTS) is 1. The second-order valence-electron chi connectivity index (χ2n) is 4.13. The third-order valence-electron chi connectivity index (χ3n) is 2.45. The van der Waals surface area contributed by atoms with E-state index in [4.69, 9.17) is 15.9 Å². The van der Waals surface area contributed by atoms with E-state index in [0.29, 0.717) is 0 Å². The van der Waals surface area contributed by atoms with Crippen molar-refractivity contribution in [1.29, 1.82) is 0 Å². The van der Waals surface area contributed by atoms with E-state index in [9.17, 15) is 9.90 Å². The molecule has 0 aliphatic rings. The Morgan fingerprint density at radius 1 is 1.10 bits per heavy atom. The number of aromatic hydroxyl groups is 1. The van der Waals surface area contributed by atoms with Crippen LogP contribution in [0.2, 0.25) is 0 Å². The van der Waals surface area contributed by atoms with Crippen LogP contribution in [0.25, 0.3) is 0 Å². The molecular formula is C15H16NO4-. The Morgan fingerprint density at radius 2 is 1.65 bits per heavy atom. The number of hydrogen-bond donors (Lipinski definition) is 3. The molecule has 5 heteroatoms. The Morgan fingerprint density at radius 3 is 2.05 bits per heavy atom. The average molecular weight is 274 g/mol. The summed E-state index contributed by atoms with van der Waals surface area (Å²) in [6.07, 6.45) is 0.273. The molecule has 4 N–H and O–H groups in total. The number of carbonyl (C=O) groups is 1. The van der Waals surface area contributed by atoms with Crippen molar-refractivity contribution in [3.8, 4) is 11.5 Å². The molecule has 0 heterocycles. The molecule has 2 aromatic carbocycles. The van der Waals surface area contributed by atoms with E-state index in [2.05, 4.69) is 0 Å². The molecule has 20 heavy (non-hydrogen) atoms. The number of hydrogen-bond acceptors (Lipinski definition) is 4. The van der Waals surface area contributed by atoms with Crippen LogP contribution < -0.4 is 10.8 Å². The zero-order valence-corrected chi connectivity index (χ0v) is 10.8. The van der Waals surface area contributed by atoms with Gasteiger partial charge in [0.15, 0.2) is 0 Å². The van der Waals surface area contributed by atoms with Gasteiger partial charge in [-0.2, -0.15) is 0 Å². The molecule has 1 unspecified atom stereocenters. The molecule has 2 rings (SSSR count). The summed E-state index contributed by atoms with van der Waals surface area (Å²) in [7, 11) is 0. The molecule has 0 aliphatic carbocycles. The standard InChI is InChI=1S/C9H11NO3.C6H6O/c10-8(9(12)13)5-6-1-3-7(11)4-2-6;7-6-4-2-1-3-5-6/h1-4,8,11H,5,10H2,(H,12,13);1-5,7H/p-1. The molecule has 0 saturated carbocycles. The third kappa shape index (κ3) is 5.88.